The molecule has 0 bridgehead atoms. The van der Waals surface area contributed by atoms with E-state index in [1.807, 2.05) is 54.8 Å². The predicted molar refractivity (Wildman–Crippen MR) is 122 cm³/mol. The molecule has 0 radical (unpaired) electrons. The lowest BCUT2D eigenvalue weighted by Gasteiger charge is -2.31. The van der Waals surface area contributed by atoms with Crippen LogP contribution < -0.4 is 4.74 Å². The predicted octanol–water partition coefficient (Wildman–Crippen LogP) is 5.67. The van der Waals surface area contributed by atoms with Crippen LogP contribution in [0, 0.1) is 5.92 Å². The van der Waals surface area contributed by atoms with E-state index in [1.165, 1.54) is 0 Å². The molecule has 1 amide bonds. The minimum Gasteiger partial charge on any atom is -0.457 e. The minimum atomic E-state index is -0.209. The van der Waals surface area contributed by atoms with Crippen molar-refractivity contribution in [2.45, 2.75) is 18.6 Å². The van der Waals surface area contributed by atoms with Crippen LogP contribution >= 0.6 is 11.8 Å². The summed E-state index contributed by atoms with van der Waals surface area (Å²) >= 11 is 1.65. The van der Waals surface area contributed by atoms with Gasteiger partial charge in [-0.25, -0.2) is 0 Å². The van der Waals surface area contributed by atoms with Gasteiger partial charge >= 0.3 is 0 Å². The number of piperidine rings is 1. The van der Waals surface area contributed by atoms with E-state index in [-0.39, 0.29) is 17.6 Å². The third-order valence-corrected chi connectivity index (χ3v) is 5.93. The van der Waals surface area contributed by atoms with Gasteiger partial charge in [0.05, 0.1) is 5.75 Å². The van der Waals surface area contributed by atoms with Crippen LogP contribution in [-0.2, 0) is 5.75 Å². The van der Waals surface area contributed by atoms with E-state index >= 15 is 0 Å². The van der Waals surface area contributed by atoms with Crippen molar-refractivity contribution < 1.29 is 18.7 Å². The normalized spacial score (nSPS) is 16.2. The van der Waals surface area contributed by atoms with Gasteiger partial charge < -0.3 is 14.1 Å². The molecule has 2 aromatic carbocycles. The molecule has 3 aromatic rings. The second kappa shape index (κ2) is 9.88. The number of hydrogen-bond acceptors (Lipinski definition) is 5. The maximum Gasteiger partial charge on any atom is 0.289 e. The molecule has 1 aliphatic rings. The van der Waals surface area contributed by atoms with Crippen molar-refractivity contribution >= 4 is 23.5 Å². The molecule has 160 valence electrons. The summed E-state index contributed by atoms with van der Waals surface area (Å²) in [5.41, 5.74) is 0.639. The van der Waals surface area contributed by atoms with E-state index in [2.05, 4.69) is 0 Å². The molecule has 1 fully saturated rings. The lowest BCUT2D eigenvalue weighted by molar-refractivity contribution is 0.0609. The molecule has 1 atom stereocenters. The molecule has 1 aromatic heterocycles. The molecule has 0 saturated carbocycles. The highest BCUT2D eigenvalue weighted by atomic mass is 32.2. The molecular formula is C25H25NO4S. The number of hydrogen-bond donors (Lipinski definition) is 0. The van der Waals surface area contributed by atoms with Gasteiger partial charge in [0, 0.05) is 24.6 Å². The van der Waals surface area contributed by atoms with Crippen LogP contribution in [0.25, 0.3) is 0 Å². The first-order valence-corrected chi connectivity index (χ1v) is 11.8. The summed E-state index contributed by atoms with van der Waals surface area (Å²) < 4.78 is 11.5. The van der Waals surface area contributed by atoms with E-state index in [0.29, 0.717) is 30.2 Å². The van der Waals surface area contributed by atoms with Crippen molar-refractivity contribution in [2.75, 3.05) is 19.3 Å². The van der Waals surface area contributed by atoms with Crippen LogP contribution in [0.5, 0.6) is 11.5 Å². The molecule has 1 aliphatic heterocycles. The molecule has 6 heteroatoms. The number of furan rings is 1. The Kier molecular flexibility index (Phi) is 6.77. The number of carbonyl (C=O) groups is 2. The smallest absolute Gasteiger partial charge is 0.289 e. The fourth-order valence-corrected chi connectivity index (χ4v) is 4.23. The Bertz CT molecular complexity index is 1030. The van der Waals surface area contributed by atoms with Gasteiger partial charge in [-0.15, -0.1) is 0 Å². The molecule has 0 spiro atoms. The molecule has 31 heavy (non-hydrogen) atoms. The standard InChI is InChI=1S/C25H25NO4S/c1-31-17-22-13-14-23(30-22)25(28)26-15-5-6-19(16-26)24(27)18-9-11-21(12-10-18)29-20-7-3-2-4-8-20/h2-4,7-14,19H,5-6,15-17H2,1H3/t19-/m1/s1. The second-order valence-corrected chi connectivity index (χ2v) is 8.46. The Labute approximate surface area is 186 Å². The van der Waals surface area contributed by atoms with E-state index in [0.717, 1.165) is 30.1 Å². The molecule has 5 nitrogen and oxygen atoms in total. The molecule has 4 rings (SSSR count). The van der Waals surface area contributed by atoms with Gasteiger partial charge in [0.25, 0.3) is 5.91 Å². The molecule has 0 unspecified atom stereocenters. The zero-order chi connectivity index (χ0) is 21.6. The maximum absolute atomic E-state index is 13.1. The monoisotopic (exact) mass is 435 g/mol. The lowest BCUT2D eigenvalue weighted by Crippen LogP contribution is -2.42. The van der Waals surface area contributed by atoms with Gasteiger partial charge in [-0.1, -0.05) is 18.2 Å². The number of para-hydroxylation sites is 1. The summed E-state index contributed by atoms with van der Waals surface area (Å²) in [5.74, 6) is 3.02. The number of nitrogens with zero attached hydrogens (tertiary/aromatic N) is 1. The van der Waals surface area contributed by atoms with Gasteiger partial charge in [0.2, 0.25) is 0 Å². The molecular weight excluding hydrogens is 410 g/mol. The van der Waals surface area contributed by atoms with E-state index in [1.54, 1.807) is 34.9 Å². The molecule has 1 saturated heterocycles. The molecule has 0 N–H and O–H groups in total. The van der Waals surface area contributed by atoms with Crippen LogP contribution in [0.15, 0.2) is 71.1 Å². The van der Waals surface area contributed by atoms with Gasteiger partial charge in [-0.3, -0.25) is 9.59 Å². The average Bonchev–Trinajstić information content (AvgIpc) is 3.28. The van der Waals surface area contributed by atoms with Gasteiger partial charge in [-0.05, 0) is 67.6 Å². The topological polar surface area (TPSA) is 59.8 Å². The quantitative estimate of drug-likeness (QED) is 0.448. The van der Waals surface area contributed by atoms with Gasteiger partial charge in [0.15, 0.2) is 11.5 Å². The van der Waals surface area contributed by atoms with Crippen molar-refractivity contribution in [1.29, 1.82) is 0 Å². The second-order valence-electron chi connectivity index (χ2n) is 7.59. The zero-order valence-corrected chi connectivity index (χ0v) is 18.3. The number of likely N-dealkylation sites (tertiary alicyclic amines) is 1. The summed E-state index contributed by atoms with van der Waals surface area (Å²) in [6.45, 7) is 1.06. The third kappa shape index (κ3) is 5.20. The van der Waals surface area contributed by atoms with Crippen molar-refractivity contribution in [2.24, 2.45) is 5.92 Å². The van der Waals surface area contributed by atoms with Crippen LogP contribution in [0.1, 0.15) is 39.5 Å². The zero-order valence-electron chi connectivity index (χ0n) is 17.5. The Hall–Kier alpha value is -2.99. The van der Waals surface area contributed by atoms with Crippen molar-refractivity contribution in [3.05, 3.63) is 83.8 Å². The Morgan fingerprint density at radius 3 is 2.52 bits per heavy atom. The fraction of sp³-hybridized carbons (Fsp3) is 0.280. The van der Waals surface area contributed by atoms with Crippen molar-refractivity contribution in [3.63, 3.8) is 0 Å². The van der Waals surface area contributed by atoms with Crippen LogP contribution in [-0.4, -0.2) is 35.9 Å². The summed E-state index contributed by atoms with van der Waals surface area (Å²) in [6.07, 6.45) is 3.57. The highest BCUT2D eigenvalue weighted by Gasteiger charge is 2.30. The average molecular weight is 436 g/mol. The van der Waals surface area contributed by atoms with Crippen molar-refractivity contribution in [1.82, 2.24) is 4.90 Å². The number of thioether (sulfide) groups is 1. The summed E-state index contributed by atoms with van der Waals surface area (Å²) in [7, 11) is 0. The Balaban J connectivity index is 1.39. The fourth-order valence-electron chi connectivity index (χ4n) is 3.79. The number of benzene rings is 2. The molecule has 2 heterocycles. The van der Waals surface area contributed by atoms with Crippen molar-refractivity contribution in [3.8, 4) is 11.5 Å². The third-order valence-electron chi connectivity index (χ3n) is 5.36. The lowest BCUT2D eigenvalue weighted by atomic mass is 9.90. The first-order valence-electron chi connectivity index (χ1n) is 10.4. The number of ether oxygens (including phenoxy) is 1. The molecule has 0 aliphatic carbocycles. The van der Waals surface area contributed by atoms with Crippen LogP contribution in [0.2, 0.25) is 0 Å². The highest BCUT2D eigenvalue weighted by Crippen LogP contribution is 2.26. The number of amides is 1. The largest absolute Gasteiger partial charge is 0.457 e. The van der Waals surface area contributed by atoms with E-state index in [4.69, 9.17) is 9.15 Å². The van der Waals surface area contributed by atoms with E-state index < -0.39 is 0 Å². The number of carbonyl (C=O) groups excluding carboxylic acids is 2. The number of Topliss-reactive ketones (excluding diaryl/α,β-unsaturated/α-hetero) is 1. The number of ketones is 1. The van der Waals surface area contributed by atoms with E-state index in [9.17, 15) is 9.59 Å². The van der Waals surface area contributed by atoms with Crippen LogP contribution in [0.4, 0.5) is 0 Å². The van der Waals surface area contributed by atoms with Crippen LogP contribution in [0.3, 0.4) is 0 Å². The maximum atomic E-state index is 13.1. The summed E-state index contributed by atoms with van der Waals surface area (Å²) in [5, 5.41) is 0. The summed E-state index contributed by atoms with van der Waals surface area (Å²) in [4.78, 5) is 27.6. The minimum absolute atomic E-state index is 0.0614. The Morgan fingerprint density at radius 2 is 1.77 bits per heavy atom. The highest BCUT2D eigenvalue weighted by molar-refractivity contribution is 7.97. The Morgan fingerprint density at radius 1 is 1.03 bits per heavy atom. The first-order chi connectivity index (χ1) is 15.1. The SMILES string of the molecule is CSCc1ccc(C(=O)N2CCC[C@@H](C(=O)c3ccc(Oc4ccccc4)cc3)C2)o1. The first kappa shape index (κ1) is 21.2. The van der Waals surface area contributed by atoms with Gasteiger partial charge in [-0.2, -0.15) is 11.8 Å². The number of rotatable bonds is 7. The summed E-state index contributed by atoms with van der Waals surface area (Å²) in [6, 6.07) is 20.3. The van der Waals surface area contributed by atoms with Gasteiger partial charge in [0.1, 0.15) is 17.3 Å².